The summed E-state index contributed by atoms with van der Waals surface area (Å²) < 4.78 is 5.38. The van der Waals surface area contributed by atoms with Crippen molar-refractivity contribution in [2.75, 3.05) is 32.7 Å². The quantitative estimate of drug-likeness (QED) is 0.849. The highest BCUT2D eigenvalue weighted by Gasteiger charge is 2.25. The van der Waals surface area contributed by atoms with Crippen molar-refractivity contribution in [2.24, 2.45) is 0 Å². The van der Waals surface area contributed by atoms with Gasteiger partial charge in [-0.15, -0.1) is 0 Å². The van der Waals surface area contributed by atoms with Crippen LogP contribution in [0.2, 0.25) is 0 Å². The Hall–Kier alpha value is -2.25. The lowest BCUT2D eigenvalue weighted by Crippen LogP contribution is -2.49. The van der Waals surface area contributed by atoms with Gasteiger partial charge in [0.1, 0.15) is 0 Å². The molecule has 0 atom stereocenters. The molecule has 25 heavy (non-hydrogen) atoms. The first-order valence-electron chi connectivity index (χ1n) is 8.88. The van der Waals surface area contributed by atoms with Crippen LogP contribution in [-0.2, 0) is 11.3 Å². The number of benzene rings is 1. The van der Waals surface area contributed by atoms with Crippen molar-refractivity contribution in [1.82, 2.24) is 25.3 Å². The zero-order valence-corrected chi connectivity index (χ0v) is 14.2. The summed E-state index contributed by atoms with van der Waals surface area (Å²) in [7, 11) is 0. The predicted octanol–water partition coefficient (Wildman–Crippen LogP) is 1.13. The maximum Gasteiger partial charge on any atom is 0.241 e. The second-order valence-electron chi connectivity index (χ2n) is 6.77. The minimum absolute atomic E-state index is 0.153. The van der Waals surface area contributed by atoms with Crippen LogP contribution in [0, 0.1) is 0 Å². The molecule has 1 amide bonds. The molecular weight excluding hydrogens is 318 g/mol. The highest BCUT2D eigenvalue weighted by atomic mass is 16.5. The van der Waals surface area contributed by atoms with Crippen LogP contribution in [0.5, 0.6) is 0 Å². The molecule has 1 aliphatic carbocycles. The number of hydrogen-bond donors (Lipinski definition) is 1. The van der Waals surface area contributed by atoms with Crippen molar-refractivity contribution in [3.05, 3.63) is 36.2 Å². The second kappa shape index (κ2) is 7.33. The summed E-state index contributed by atoms with van der Waals surface area (Å²) in [4.78, 5) is 20.9. The van der Waals surface area contributed by atoms with Crippen LogP contribution in [0.25, 0.3) is 11.4 Å². The van der Waals surface area contributed by atoms with E-state index in [1.54, 1.807) is 0 Å². The average Bonchev–Trinajstić information content (AvgIpc) is 3.32. The summed E-state index contributed by atoms with van der Waals surface area (Å²) >= 11 is 0. The van der Waals surface area contributed by atoms with Crippen molar-refractivity contribution < 1.29 is 9.32 Å². The number of aromatic nitrogens is 2. The fraction of sp³-hybridized carbons (Fsp3) is 0.500. The van der Waals surface area contributed by atoms with E-state index < -0.39 is 0 Å². The number of hydrogen-bond acceptors (Lipinski definition) is 6. The number of piperazine rings is 1. The number of carbonyl (C=O) groups excluding carboxylic acids is 1. The van der Waals surface area contributed by atoms with E-state index in [9.17, 15) is 4.79 Å². The largest absolute Gasteiger partial charge is 0.352 e. The highest BCUT2D eigenvalue weighted by molar-refractivity contribution is 5.78. The van der Waals surface area contributed by atoms with Crippen molar-refractivity contribution in [1.29, 1.82) is 0 Å². The third-order valence-corrected chi connectivity index (χ3v) is 4.63. The molecule has 2 heterocycles. The molecule has 1 aromatic heterocycles. The summed E-state index contributed by atoms with van der Waals surface area (Å²) in [6.07, 6.45) is 2.27. The number of amides is 1. The van der Waals surface area contributed by atoms with E-state index >= 15 is 0 Å². The number of carbonyl (C=O) groups is 1. The van der Waals surface area contributed by atoms with Crippen molar-refractivity contribution in [2.45, 2.75) is 25.4 Å². The third kappa shape index (κ3) is 4.43. The van der Waals surface area contributed by atoms with Crippen LogP contribution < -0.4 is 5.32 Å². The first kappa shape index (κ1) is 16.2. The Bertz CT molecular complexity index is 705. The van der Waals surface area contributed by atoms with Crippen LogP contribution in [-0.4, -0.2) is 64.6 Å². The van der Waals surface area contributed by atoms with Gasteiger partial charge >= 0.3 is 0 Å². The van der Waals surface area contributed by atoms with Gasteiger partial charge in [-0.2, -0.15) is 4.98 Å². The molecule has 2 aliphatic rings. The zero-order chi connectivity index (χ0) is 17.1. The number of nitrogens with one attached hydrogen (secondary N) is 1. The van der Waals surface area contributed by atoms with E-state index in [4.69, 9.17) is 4.52 Å². The van der Waals surface area contributed by atoms with Gasteiger partial charge in [0.05, 0.1) is 13.1 Å². The van der Waals surface area contributed by atoms with Gasteiger partial charge in [0, 0.05) is 37.8 Å². The molecule has 0 bridgehead atoms. The first-order valence-corrected chi connectivity index (χ1v) is 8.88. The predicted molar refractivity (Wildman–Crippen MR) is 92.6 cm³/mol. The van der Waals surface area contributed by atoms with Crippen LogP contribution >= 0.6 is 0 Å². The monoisotopic (exact) mass is 341 g/mol. The lowest BCUT2D eigenvalue weighted by atomic mass is 10.2. The molecule has 1 aromatic carbocycles. The van der Waals surface area contributed by atoms with E-state index in [0.29, 0.717) is 30.8 Å². The molecule has 4 rings (SSSR count). The van der Waals surface area contributed by atoms with E-state index in [1.807, 2.05) is 30.3 Å². The Balaban J connectivity index is 1.24. The molecule has 1 saturated heterocycles. The van der Waals surface area contributed by atoms with E-state index in [-0.39, 0.29) is 5.91 Å². The molecule has 7 heteroatoms. The molecule has 1 saturated carbocycles. The molecule has 2 aromatic rings. The minimum atomic E-state index is 0.153. The van der Waals surface area contributed by atoms with E-state index in [2.05, 4.69) is 25.3 Å². The Labute approximate surface area is 147 Å². The maximum absolute atomic E-state index is 11.9. The maximum atomic E-state index is 11.9. The molecule has 7 nitrogen and oxygen atoms in total. The molecule has 1 aliphatic heterocycles. The number of nitrogens with zero attached hydrogens (tertiary/aromatic N) is 4. The van der Waals surface area contributed by atoms with Gasteiger partial charge in [0.15, 0.2) is 0 Å². The summed E-state index contributed by atoms with van der Waals surface area (Å²) in [5.41, 5.74) is 0.962. The van der Waals surface area contributed by atoms with Crippen LogP contribution in [0.4, 0.5) is 0 Å². The summed E-state index contributed by atoms with van der Waals surface area (Å²) in [5.74, 6) is 1.42. The minimum Gasteiger partial charge on any atom is -0.352 e. The molecule has 132 valence electrons. The van der Waals surface area contributed by atoms with Gasteiger partial charge in [-0.1, -0.05) is 35.5 Å². The van der Waals surface area contributed by atoms with Crippen molar-refractivity contribution in [3.8, 4) is 11.4 Å². The van der Waals surface area contributed by atoms with Gasteiger partial charge in [0.2, 0.25) is 17.6 Å². The molecule has 1 N–H and O–H groups in total. The Morgan fingerprint density at radius 3 is 2.56 bits per heavy atom. The average molecular weight is 341 g/mol. The Kier molecular flexibility index (Phi) is 4.76. The van der Waals surface area contributed by atoms with Crippen molar-refractivity contribution in [3.63, 3.8) is 0 Å². The standard InChI is InChI=1S/C18H23N5O2/c24-16(19-15-6-7-15)12-22-8-10-23(11-9-22)13-17-20-18(21-25-17)14-4-2-1-3-5-14/h1-5,15H,6-13H2,(H,19,24). The first-order chi connectivity index (χ1) is 12.3. The summed E-state index contributed by atoms with van der Waals surface area (Å²) in [6.45, 7) is 4.74. The Morgan fingerprint density at radius 1 is 1.12 bits per heavy atom. The summed E-state index contributed by atoms with van der Waals surface area (Å²) in [6, 6.07) is 10.3. The van der Waals surface area contributed by atoms with Gasteiger partial charge in [-0.25, -0.2) is 0 Å². The number of rotatable bonds is 6. The lowest BCUT2D eigenvalue weighted by molar-refractivity contribution is -0.122. The van der Waals surface area contributed by atoms with Gasteiger partial charge in [-0.3, -0.25) is 14.6 Å². The normalized spacial score (nSPS) is 19.0. The Morgan fingerprint density at radius 2 is 1.84 bits per heavy atom. The molecule has 2 fully saturated rings. The molecular formula is C18H23N5O2. The van der Waals surface area contributed by atoms with Gasteiger partial charge in [0.25, 0.3) is 0 Å². The fourth-order valence-electron chi connectivity index (χ4n) is 3.02. The van der Waals surface area contributed by atoms with Crippen LogP contribution in [0.15, 0.2) is 34.9 Å². The van der Waals surface area contributed by atoms with Gasteiger partial charge < -0.3 is 9.84 Å². The van der Waals surface area contributed by atoms with E-state index in [0.717, 1.165) is 44.6 Å². The molecule has 0 radical (unpaired) electrons. The van der Waals surface area contributed by atoms with Gasteiger partial charge in [-0.05, 0) is 12.8 Å². The highest BCUT2D eigenvalue weighted by Crippen LogP contribution is 2.18. The third-order valence-electron chi connectivity index (χ3n) is 4.63. The topological polar surface area (TPSA) is 74.5 Å². The fourth-order valence-corrected chi connectivity index (χ4v) is 3.02. The lowest BCUT2D eigenvalue weighted by Gasteiger charge is -2.33. The smallest absolute Gasteiger partial charge is 0.241 e. The summed E-state index contributed by atoms with van der Waals surface area (Å²) in [5, 5.41) is 7.11. The molecule has 0 spiro atoms. The van der Waals surface area contributed by atoms with Crippen molar-refractivity contribution >= 4 is 5.91 Å². The van der Waals surface area contributed by atoms with E-state index in [1.165, 1.54) is 0 Å². The molecule has 0 unspecified atom stereocenters. The van der Waals surface area contributed by atoms with Crippen LogP contribution in [0.1, 0.15) is 18.7 Å². The second-order valence-corrected chi connectivity index (χ2v) is 6.77. The van der Waals surface area contributed by atoms with Crippen LogP contribution in [0.3, 0.4) is 0 Å². The zero-order valence-electron chi connectivity index (χ0n) is 14.2. The SMILES string of the molecule is O=C(CN1CCN(Cc2nc(-c3ccccc3)no2)CC1)NC1CC1.